The molecule has 2 aromatic rings. The lowest BCUT2D eigenvalue weighted by Crippen LogP contribution is -2.23. The van der Waals surface area contributed by atoms with Crippen LogP contribution in [0.25, 0.3) is 0 Å². The number of aromatic nitrogens is 2. The lowest BCUT2D eigenvalue weighted by molar-refractivity contribution is 0.0945. The van der Waals surface area contributed by atoms with Gasteiger partial charge in [-0.2, -0.15) is 0 Å². The first-order valence-electron chi connectivity index (χ1n) is 5.28. The second kappa shape index (κ2) is 4.78. The number of amides is 1. The van der Waals surface area contributed by atoms with Crippen LogP contribution in [-0.2, 0) is 6.54 Å². The van der Waals surface area contributed by atoms with Crippen molar-refractivity contribution < 1.29 is 9.21 Å². The van der Waals surface area contributed by atoms with E-state index in [2.05, 4.69) is 15.3 Å². The van der Waals surface area contributed by atoms with Gasteiger partial charge in [0.1, 0.15) is 5.76 Å². The number of rotatable bonds is 3. The van der Waals surface area contributed by atoms with Crippen LogP contribution in [0.15, 0.2) is 28.9 Å². The second-order valence-corrected chi connectivity index (χ2v) is 3.68. The van der Waals surface area contributed by atoms with Crippen LogP contribution in [-0.4, -0.2) is 15.9 Å². The van der Waals surface area contributed by atoms with Crippen molar-refractivity contribution in [2.45, 2.75) is 20.4 Å². The molecule has 0 bridgehead atoms. The predicted octanol–water partition coefficient (Wildman–Crippen LogP) is 1.62. The summed E-state index contributed by atoms with van der Waals surface area (Å²) in [5.74, 6) is 0.795. The predicted molar refractivity (Wildman–Crippen MR) is 61.4 cm³/mol. The van der Waals surface area contributed by atoms with Gasteiger partial charge in [0.25, 0.3) is 5.91 Å². The minimum absolute atomic E-state index is 0.233. The molecule has 2 aromatic heterocycles. The number of nitrogens with zero attached hydrogens (tertiary/aromatic N) is 2. The number of hydrogen-bond donors (Lipinski definition) is 1. The van der Waals surface area contributed by atoms with Crippen molar-refractivity contribution in [3.05, 3.63) is 47.4 Å². The SMILES string of the molecule is Cc1nc(C(=O)NCc2cccnc2)c(C)o1. The first kappa shape index (κ1) is 11.3. The van der Waals surface area contributed by atoms with Crippen LogP contribution in [0.5, 0.6) is 0 Å². The molecular weight excluding hydrogens is 218 g/mol. The molecule has 0 saturated heterocycles. The Morgan fingerprint density at radius 2 is 2.29 bits per heavy atom. The third-order valence-electron chi connectivity index (χ3n) is 2.29. The Bertz CT molecular complexity index is 520. The van der Waals surface area contributed by atoms with Gasteiger partial charge in [0.2, 0.25) is 0 Å². The van der Waals surface area contributed by atoms with Gasteiger partial charge >= 0.3 is 0 Å². The van der Waals surface area contributed by atoms with Crippen molar-refractivity contribution in [3.8, 4) is 0 Å². The zero-order chi connectivity index (χ0) is 12.3. The van der Waals surface area contributed by atoms with Gasteiger partial charge in [-0.3, -0.25) is 9.78 Å². The van der Waals surface area contributed by atoms with Crippen LogP contribution in [0, 0.1) is 13.8 Å². The second-order valence-electron chi connectivity index (χ2n) is 3.68. The standard InChI is InChI=1S/C12H13N3O2/c1-8-11(15-9(2)17-8)12(16)14-7-10-4-3-5-13-6-10/h3-6H,7H2,1-2H3,(H,14,16). The molecule has 0 radical (unpaired) electrons. The highest BCUT2D eigenvalue weighted by Crippen LogP contribution is 2.08. The molecule has 2 rings (SSSR count). The van der Waals surface area contributed by atoms with E-state index in [4.69, 9.17) is 4.42 Å². The van der Waals surface area contributed by atoms with Crippen LogP contribution in [0.1, 0.15) is 27.7 Å². The Hall–Kier alpha value is -2.17. The van der Waals surface area contributed by atoms with Gasteiger partial charge in [0.05, 0.1) is 0 Å². The summed E-state index contributed by atoms with van der Waals surface area (Å²) >= 11 is 0. The molecule has 1 N–H and O–H groups in total. The van der Waals surface area contributed by atoms with Gasteiger partial charge in [0, 0.05) is 25.9 Å². The van der Waals surface area contributed by atoms with Crippen molar-refractivity contribution >= 4 is 5.91 Å². The molecular formula is C12H13N3O2. The summed E-state index contributed by atoms with van der Waals surface area (Å²) in [6.45, 7) is 3.86. The Morgan fingerprint density at radius 3 is 2.88 bits per heavy atom. The molecule has 0 spiro atoms. The molecule has 5 nitrogen and oxygen atoms in total. The van der Waals surface area contributed by atoms with Crippen molar-refractivity contribution in [3.63, 3.8) is 0 Å². The maximum absolute atomic E-state index is 11.8. The van der Waals surface area contributed by atoms with E-state index in [0.29, 0.717) is 23.9 Å². The van der Waals surface area contributed by atoms with Crippen LogP contribution < -0.4 is 5.32 Å². The highest BCUT2D eigenvalue weighted by atomic mass is 16.4. The summed E-state index contributed by atoms with van der Waals surface area (Å²) in [4.78, 5) is 19.8. The third kappa shape index (κ3) is 2.69. The number of carbonyl (C=O) groups is 1. The maximum Gasteiger partial charge on any atom is 0.273 e. The van der Waals surface area contributed by atoms with Gasteiger partial charge in [-0.1, -0.05) is 6.07 Å². The van der Waals surface area contributed by atoms with Crippen LogP contribution in [0.4, 0.5) is 0 Å². The minimum atomic E-state index is -0.233. The van der Waals surface area contributed by atoms with Crippen LogP contribution in [0.3, 0.4) is 0 Å². The zero-order valence-corrected chi connectivity index (χ0v) is 9.73. The Morgan fingerprint density at radius 1 is 1.47 bits per heavy atom. The highest BCUT2D eigenvalue weighted by Gasteiger charge is 2.14. The molecule has 0 atom stereocenters. The normalized spacial score (nSPS) is 10.2. The van der Waals surface area contributed by atoms with Crippen molar-refractivity contribution in [1.29, 1.82) is 0 Å². The third-order valence-corrected chi connectivity index (χ3v) is 2.29. The molecule has 88 valence electrons. The summed E-state index contributed by atoms with van der Waals surface area (Å²) in [6, 6.07) is 3.72. The highest BCUT2D eigenvalue weighted by molar-refractivity contribution is 5.93. The first-order valence-corrected chi connectivity index (χ1v) is 5.28. The molecule has 17 heavy (non-hydrogen) atoms. The van der Waals surface area contributed by atoms with E-state index in [9.17, 15) is 4.79 Å². The number of pyridine rings is 1. The summed E-state index contributed by atoms with van der Waals surface area (Å²) in [6.07, 6.45) is 3.40. The Balaban J connectivity index is 2.01. The lowest BCUT2D eigenvalue weighted by atomic mass is 10.3. The van der Waals surface area contributed by atoms with Gasteiger partial charge in [-0.05, 0) is 18.6 Å². The van der Waals surface area contributed by atoms with Crippen molar-refractivity contribution in [1.82, 2.24) is 15.3 Å². The number of hydrogen-bond acceptors (Lipinski definition) is 4. The molecule has 1 amide bonds. The molecule has 0 unspecified atom stereocenters. The first-order chi connectivity index (χ1) is 8.16. The quantitative estimate of drug-likeness (QED) is 0.871. The Kier molecular flexibility index (Phi) is 3.18. The van der Waals surface area contributed by atoms with E-state index in [1.165, 1.54) is 0 Å². The molecule has 0 saturated carbocycles. The number of aryl methyl sites for hydroxylation is 2. The number of nitrogens with one attached hydrogen (secondary N) is 1. The molecule has 0 aliphatic heterocycles. The molecule has 0 fully saturated rings. The number of carbonyl (C=O) groups excluding carboxylic acids is 1. The smallest absolute Gasteiger partial charge is 0.273 e. The van der Waals surface area contributed by atoms with E-state index in [-0.39, 0.29) is 5.91 Å². The summed E-state index contributed by atoms with van der Waals surface area (Å²) in [5, 5.41) is 2.77. The summed E-state index contributed by atoms with van der Waals surface area (Å²) in [5.41, 5.74) is 1.28. The van der Waals surface area contributed by atoms with E-state index in [0.717, 1.165) is 5.56 Å². The topological polar surface area (TPSA) is 68.0 Å². The van der Waals surface area contributed by atoms with Gasteiger partial charge in [0.15, 0.2) is 11.6 Å². The van der Waals surface area contributed by atoms with Gasteiger partial charge in [-0.15, -0.1) is 0 Å². The average molecular weight is 231 g/mol. The molecule has 5 heteroatoms. The van der Waals surface area contributed by atoms with E-state index in [1.54, 1.807) is 26.2 Å². The molecule has 0 aliphatic rings. The van der Waals surface area contributed by atoms with Gasteiger partial charge < -0.3 is 9.73 Å². The van der Waals surface area contributed by atoms with Gasteiger partial charge in [-0.25, -0.2) is 4.98 Å². The maximum atomic E-state index is 11.8. The Labute approximate surface area is 98.9 Å². The summed E-state index contributed by atoms with van der Waals surface area (Å²) < 4.78 is 5.20. The fourth-order valence-electron chi connectivity index (χ4n) is 1.51. The van der Waals surface area contributed by atoms with Crippen molar-refractivity contribution in [2.75, 3.05) is 0 Å². The minimum Gasteiger partial charge on any atom is -0.445 e. The molecule has 2 heterocycles. The van der Waals surface area contributed by atoms with E-state index in [1.807, 2.05) is 12.1 Å². The number of oxazole rings is 1. The summed E-state index contributed by atoms with van der Waals surface area (Å²) in [7, 11) is 0. The van der Waals surface area contributed by atoms with Crippen LogP contribution >= 0.6 is 0 Å². The lowest BCUT2D eigenvalue weighted by Gasteiger charge is -2.02. The van der Waals surface area contributed by atoms with Crippen LogP contribution in [0.2, 0.25) is 0 Å². The van der Waals surface area contributed by atoms with E-state index >= 15 is 0 Å². The largest absolute Gasteiger partial charge is 0.445 e. The fraction of sp³-hybridized carbons (Fsp3) is 0.250. The fourth-order valence-corrected chi connectivity index (χ4v) is 1.51. The zero-order valence-electron chi connectivity index (χ0n) is 9.73. The molecule has 0 aromatic carbocycles. The van der Waals surface area contributed by atoms with Crippen molar-refractivity contribution in [2.24, 2.45) is 0 Å². The average Bonchev–Trinajstić information content (AvgIpc) is 2.67. The van der Waals surface area contributed by atoms with E-state index < -0.39 is 0 Å². The monoisotopic (exact) mass is 231 g/mol. The molecule has 0 aliphatic carbocycles.